The molecule has 94 valence electrons. The van der Waals surface area contributed by atoms with Gasteiger partial charge in [0.05, 0.1) is 7.11 Å². The summed E-state index contributed by atoms with van der Waals surface area (Å²) in [6.07, 6.45) is 0. The van der Waals surface area contributed by atoms with Crippen molar-refractivity contribution < 1.29 is 9.53 Å². The summed E-state index contributed by atoms with van der Waals surface area (Å²) in [4.78, 5) is 12.2. The molecule has 0 saturated carbocycles. The van der Waals surface area contributed by atoms with Crippen LogP contribution in [0.3, 0.4) is 0 Å². The normalized spacial score (nSPS) is 12.6. The number of hydrogen-bond donors (Lipinski definition) is 1. The zero-order chi connectivity index (χ0) is 13.0. The smallest absolute Gasteiger partial charge is 0.167 e. The highest BCUT2D eigenvalue weighted by Gasteiger charge is 2.22. The van der Waals surface area contributed by atoms with Gasteiger partial charge >= 0.3 is 0 Å². The first-order valence-corrected chi connectivity index (χ1v) is 5.90. The van der Waals surface area contributed by atoms with E-state index < -0.39 is 0 Å². The van der Waals surface area contributed by atoms with Crippen molar-refractivity contribution in [3.05, 3.63) is 29.3 Å². The van der Waals surface area contributed by atoms with Gasteiger partial charge in [-0.15, -0.1) is 0 Å². The molecule has 1 aromatic carbocycles. The van der Waals surface area contributed by atoms with Crippen LogP contribution in [0.25, 0.3) is 0 Å². The minimum atomic E-state index is -0.109. The van der Waals surface area contributed by atoms with E-state index in [0.29, 0.717) is 12.1 Å². The van der Waals surface area contributed by atoms with Crippen molar-refractivity contribution in [2.24, 2.45) is 17.6 Å². The van der Waals surface area contributed by atoms with Gasteiger partial charge in [-0.1, -0.05) is 13.8 Å². The van der Waals surface area contributed by atoms with E-state index in [4.69, 9.17) is 10.5 Å². The van der Waals surface area contributed by atoms with Crippen LogP contribution in [0.4, 0.5) is 0 Å². The Morgan fingerprint density at radius 1 is 1.41 bits per heavy atom. The van der Waals surface area contributed by atoms with Crippen molar-refractivity contribution in [2.45, 2.75) is 20.8 Å². The third kappa shape index (κ3) is 3.07. The highest BCUT2D eigenvalue weighted by molar-refractivity contribution is 5.98. The van der Waals surface area contributed by atoms with Gasteiger partial charge in [0, 0.05) is 18.0 Å². The Hall–Kier alpha value is -1.35. The van der Waals surface area contributed by atoms with Crippen LogP contribution >= 0.6 is 0 Å². The van der Waals surface area contributed by atoms with Crippen LogP contribution in [-0.2, 0) is 0 Å². The monoisotopic (exact) mass is 235 g/mol. The first kappa shape index (κ1) is 13.7. The van der Waals surface area contributed by atoms with Crippen molar-refractivity contribution in [2.75, 3.05) is 13.7 Å². The number of hydrogen-bond acceptors (Lipinski definition) is 3. The van der Waals surface area contributed by atoms with E-state index >= 15 is 0 Å². The fourth-order valence-electron chi connectivity index (χ4n) is 1.93. The van der Waals surface area contributed by atoms with Crippen LogP contribution in [0.1, 0.15) is 29.8 Å². The molecule has 1 atom stereocenters. The number of rotatable bonds is 5. The van der Waals surface area contributed by atoms with E-state index in [0.717, 1.165) is 11.3 Å². The second-order valence-electron chi connectivity index (χ2n) is 4.63. The molecule has 0 saturated heterocycles. The molecule has 3 heteroatoms. The van der Waals surface area contributed by atoms with Crippen LogP contribution in [0, 0.1) is 18.8 Å². The van der Waals surface area contributed by atoms with Gasteiger partial charge in [0.2, 0.25) is 0 Å². The third-order valence-electron chi connectivity index (χ3n) is 3.07. The van der Waals surface area contributed by atoms with Gasteiger partial charge in [-0.25, -0.2) is 0 Å². The molecule has 0 aliphatic rings. The molecule has 0 spiro atoms. The fraction of sp³-hybridized carbons (Fsp3) is 0.500. The topological polar surface area (TPSA) is 52.3 Å². The van der Waals surface area contributed by atoms with E-state index in [-0.39, 0.29) is 17.6 Å². The summed E-state index contributed by atoms with van der Waals surface area (Å²) in [5.74, 6) is 1.07. The molecular formula is C14H21NO2. The second kappa shape index (κ2) is 5.82. The van der Waals surface area contributed by atoms with Crippen LogP contribution in [-0.4, -0.2) is 19.4 Å². The lowest BCUT2D eigenvalue weighted by molar-refractivity contribution is 0.0892. The van der Waals surface area contributed by atoms with E-state index in [1.54, 1.807) is 13.2 Å². The maximum Gasteiger partial charge on any atom is 0.167 e. The number of carbonyl (C=O) groups excluding carboxylic acids is 1. The Kier molecular flexibility index (Phi) is 4.70. The van der Waals surface area contributed by atoms with Crippen LogP contribution < -0.4 is 10.5 Å². The molecule has 2 N–H and O–H groups in total. The lowest BCUT2D eigenvalue weighted by atomic mass is 9.87. The van der Waals surface area contributed by atoms with E-state index in [1.807, 2.05) is 32.9 Å². The molecule has 0 fully saturated rings. The van der Waals surface area contributed by atoms with Gasteiger partial charge < -0.3 is 10.5 Å². The van der Waals surface area contributed by atoms with E-state index in [2.05, 4.69) is 0 Å². The van der Waals surface area contributed by atoms with Gasteiger partial charge in [0.15, 0.2) is 5.78 Å². The van der Waals surface area contributed by atoms with Crippen LogP contribution in [0.5, 0.6) is 5.75 Å². The Balaban J connectivity index is 3.00. The first-order valence-electron chi connectivity index (χ1n) is 5.90. The second-order valence-corrected chi connectivity index (χ2v) is 4.63. The number of nitrogens with two attached hydrogens (primary N) is 1. The lowest BCUT2D eigenvalue weighted by Crippen LogP contribution is -2.28. The highest BCUT2D eigenvalue weighted by Crippen LogP contribution is 2.22. The quantitative estimate of drug-likeness (QED) is 0.797. The molecule has 0 aliphatic heterocycles. The zero-order valence-electron chi connectivity index (χ0n) is 11.0. The van der Waals surface area contributed by atoms with Crippen molar-refractivity contribution in [3.63, 3.8) is 0 Å². The maximum atomic E-state index is 12.2. The highest BCUT2D eigenvalue weighted by atomic mass is 16.5. The molecule has 0 bridgehead atoms. The molecule has 3 nitrogen and oxygen atoms in total. The summed E-state index contributed by atoms with van der Waals surface area (Å²) >= 11 is 0. The number of benzene rings is 1. The number of Topliss-reactive ketones (excluding diaryl/α,β-unsaturated/α-hetero) is 1. The molecular weight excluding hydrogens is 214 g/mol. The first-order chi connectivity index (χ1) is 8.01. The summed E-state index contributed by atoms with van der Waals surface area (Å²) in [5.41, 5.74) is 7.35. The van der Waals surface area contributed by atoms with Crippen molar-refractivity contribution in [1.29, 1.82) is 0 Å². The molecule has 1 unspecified atom stereocenters. The third-order valence-corrected chi connectivity index (χ3v) is 3.07. The van der Waals surface area contributed by atoms with Gasteiger partial charge in [0.25, 0.3) is 0 Å². The summed E-state index contributed by atoms with van der Waals surface area (Å²) in [6, 6.07) is 5.50. The minimum absolute atomic E-state index is 0.109. The maximum absolute atomic E-state index is 12.2. The van der Waals surface area contributed by atoms with Crippen LogP contribution in [0.15, 0.2) is 18.2 Å². The van der Waals surface area contributed by atoms with Gasteiger partial charge in [-0.3, -0.25) is 4.79 Å². The predicted molar refractivity (Wildman–Crippen MR) is 69.4 cm³/mol. The Bertz CT molecular complexity index is 399. The minimum Gasteiger partial charge on any atom is -0.496 e. The predicted octanol–water partition coefficient (Wildman–Crippen LogP) is 2.42. The molecule has 0 aliphatic carbocycles. The largest absolute Gasteiger partial charge is 0.496 e. The van der Waals surface area contributed by atoms with Crippen molar-refractivity contribution in [1.82, 2.24) is 0 Å². The standard InChI is InChI=1S/C14H21NO2/c1-9(2)12(8-15)14(16)11-5-6-13(17-4)10(3)7-11/h5-7,9,12H,8,15H2,1-4H3. The number of ether oxygens (including phenoxy) is 1. The summed E-state index contributed by atoms with van der Waals surface area (Å²) < 4.78 is 5.18. The van der Waals surface area contributed by atoms with E-state index in [1.165, 1.54) is 0 Å². The fourth-order valence-corrected chi connectivity index (χ4v) is 1.93. The number of carbonyl (C=O) groups is 1. The molecule has 0 radical (unpaired) electrons. The molecule has 0 aromatic heterocycles. The average molecular weight is 235 g/mol. The number of methoxy groups -OCH3 is 1. The molecule has 1 rings (SSSR count). The van der Waals surface area contributed by atoms with Crippen molar-refractivity contribution in [3.8, 4) is 5.75 Å². The summed E-state index contributed by atoms with van der Waals surface area (Å²) in [5, 5.41) is 0. The average Bonchev–Trinajstić information content (AvgIpc) is 2.29. The Labute approximate surface area is 103 Å². The van der Waals surface area contributed by atoms with Gasteiger partial charge in [0.1, 0.15) is 5.75 Å². The summed E-state index contributed by atoms with van der Waals surface area (Å²) in [7, 11) is 1.63. The molecule has 1 aromatic rings. The lowest BCUT2D eigenvalue weighted by Gasteiger charge is -2.18. The Morgan fingerprint density at radius 2 is 2.06 bits per heavy atom. The van der Waals surface area contributed by atoms with Gasteiger partial charge in [-0.2, -0.15) is 0 Å². The van der Waals surface area contributed by atoms with Crippen molar-refractivity contribution >= 4 is 5.78 Å². The van der Waals surface area contributed by atoms with Crippen LogP contribution in [0.2, 0.25) is 0 Å². The number of ketones is 1. The molecule has 0 heterocycles. The number of aryl methyl sites for hydroxylation is 1. The Morgan fingerprint density at radius 3 is 2.47 bits per heavy atom. The SMILES string of the molecule is COc1ccc(C(=O)C(CN)C(C)C)cc1C. The molecule has 17 heavy (non-hydrogen) atoms. The van der Waals surface area contributed by atoms with Gasteiger partial charge in [-0.05, 0) is 36.6 Å². The molecule has 0 amide bonds. The zero-order valence-corrected chi connectivity index (χ0v) is 11.0. The summed E-state index contributed by atoms with van der Waals surface area (Å²) in [6.45, 7) is 6.36. The van der Waals surface area contributed by atoms with E-state index in [9.17, 15) is 4.79 Å².